The van der Waals surface area contributed by atoms with E-state index in [1.54, 1.807) is 0 Å². The Hall–Kier alpha value is -7.92. The summed E-state index contributed by atoms with van der Waals surface area (Å²) in [5.41, 5.74) is 11.0. The molecule has 11 rings (SSSR count). The molecule has 0 saturated heterocycles. The molecule has 2 heterocycles. The highest BCUT2D eigenvalue weighted by molar-refractivity contribution is 6.24. The van der Waals surface area contributed by atoms with Crippen molar-refractivity contribution in [2.24, 2.45) is 0 Å². The fourth-order valence-electron chi connectivity index (χ4n) is 8.83. The average Bonchev–Trinajstić information content (AvgIpc) is 3.79. The van der Waals surface area contributed by atoms with Gasteiger partial charge in [-0.25, -0.2) is 4.85 Å². The molecule has 0 aliphatic carbocycles. The second kappa shape index (κ2) is 12.3. The van der Waals surface area contributed by atoms with Crippen LogP contribution in [0.3, 0.4) is 0 Å². The zero-order valence-electron chi connectivity index (χ0n) is 30.1. The van der Waals surface area contributed by atoms with Gasteiger partial charge < -0.3 is 9.13 Å². The van der Waals surface area contributed by atoms with Gasteiger partial charge in [0, 0.05) is 21.5 Å². The third-order valence-electron chi connectivity index (χ3n) is 11.3. The fraction of sp³-hybridized carbons (Fsp3) is 0. The highest BCUT2D eigenvalue weighted by Gasteiger charge is 2.24. The second-order valence-electron chi connectivity index (χ2n) is 14.3. The van der Waals surface area contributed by atoms with Crippen LogP contribution in [0.2, 0.25) is 0 Å². The van der Waals surface area contributed by atoms with Gasteiger partial charge in [0.2, 0.25) is 5.69 Å². The van der Waals surface area contributed by atoms with Crippen molar-refractivity contribution in [3.8, 4) is 39.7 Å². The lowest BCUT2D eigenvalue weighted by atomic mass is 10.0. The van der Waals surface area contributed by atoms with Gasteiger partial charge in [0.15, 0.2) is 0 Å². The minimum absolute atomic E-state index is 0.320. The number of hydrogen-bond acceptors (Lipinski definition) is 1. The zero-order valence-corrected chi connectivity index (χ0v) is 30.1. The summed E-state index contributed by atoms with van der Waals surface area (Å²) in [7, 11) is 0. The van der Waals surface area contributed by atoms with E-state index in [4.69, 9.17) is 6.57 Å². The van der Waals surface area contributed by atoms with Crippen LogP contribution in [0.25, 0.3) is 104 Å². The maximum Gasteiger partial charge on any atom is 0.206 e. The Balaban J connectivity index is 1.30. The molecule has 0 atom stereocenters. The van der Waals surface area contributed by atoms with Crippen molar-refractivity contribution >= 4 is 70.8 Å². The topological polar surface area (TPSA) is 38.0 Å². The Bertz CT molecular complexity index is 3250. The SMILES string of the molecule is [C-]#[N+]c1cc(-n2c3ccc(-c4ccccc4)cc3c3c4ccccc4ccc32)c(-n2c3ccc(-c4ccccc4)cc3c3c4ccccc4ccc32)cc1C#N. The molecule has 9 aromatic carbocycles. The number of aromatic nitrogens is 2. The van der Waals surface area contributed by atoms with Gasteiger partial charge in [0.05, 0.1) is 51.6 Å². The molecule has 258 valence electrons. The quantitative estimate of drug-likeness (QED) is 0.168. The second-order valence-corrected chi connectivity index (χ2v) is 14.3. The van der Waals surface area contributed by atoms with Crippen molar-refractivity contribution in [2.45, 2.75) is 0 Å². The summed E-state index contributed by atoms with van der Waals surface area (Å²) in [6, 6.07) is 66.4. The minimum Gasteiger partial charge on any atom is -0.308 e. The van der Waals surface area contributed by atoms with E-state index in [2.05, 4.69) is 178 Å². The monoisotopic (exact) mass is 710 g/mol. The lowest BCUT2D eigenvalue weighted by molar-refractivity contribution is 1.10. The zero-order chi connectivity index (χ0) is 37.3. The molecular weight excluding hydrogens is 681 g/mol. The first-order chi connectivity index (χ1) is 27.7. The normalized spacial score (nSPS) is 11.5. The van der Waals surface area contributed by atoms with E-state index < -0.39 is 0 Å². The van der Waals surface area contributed by atoms with E-state index in [9.17, 15) is 5.26 Å². The smallest absolute Gasteiger partial charge is 0.206 e. The van der Waals surface area contributed by atoms with Crippen LogP contribution in [-0.2, 0) is 0 Å². The summed E-state index contributed by atoms with van der Waals surface area (Å²) in [6.45, 7) is 8.23. The van der Waals surface area contributed by atoms with Gasteiger partial charge in [-0.15, -0.1) is 0 Å². The molecule has 0 saturated carbocycles. The predicted molar refractivity (Wildman–Crippen MR) is 232 cm³/mol. The van der Waals surface area contributed by atoms with Crippen molar-refractivity contribution < 1.29 is 0 Å². The molecule has 0 spiro atoms. The summed E-state index contributed by atoms with van der Waals surface area (Å²) in [5.74, 6) is 0. The molecule has 0 amide bonds. The molecule has 0 fully saturated rings. The van der Waals surface area contributed by atoms with Crippen molar-refractivity contribution in [1.82, 2.24) is 9.13 Å². The molecule has 0 N–H and O–H groups in total. The van der Waals surface area contributed by atoms with Crippen molar-refractivity contribution in [3.63, 3.8) is 0 Å². The van der Waals surface area contributed by atoms with Crippen LogP contribution in [0.1, 0.15) is 5.56 Å². The Labute approximate surface area is 322 Å². The molecule has 0 aliphatic heterocycles. The largest absolute Gasteiger partial charge is 0.308 e. The van der Waals surface area contributed by atoms with Crippen LogP contribution >= 0.6 is 0 Å². The summed E-state index contributed by atoms with van der Waals surface area (Å²) in [4.78, 5) is 3.91. The van der Waals surface area contributed by atoms with Crippen molar-refractivity contribution in [2.75, 3.05) is 0 Å². The maximum absolute atomic E-state index is 10.5. The first-order valence-corrected chi connectivity index (χ1v) is 18.7. The summed E-state index contributed by atoms with van der Waals surface area (Å²) in [5, 5.41) is 19.7. The lowest BCUT2D eigenvalue weighted by Crippen LogP contribution is -2.04. The van der Waals surface area contributed by atoms with Gasteiger partial charge >= 0.3 is 0 Å². The molecule has 0 bridgehead atoms. The van der Waals surface area contributed by atoms with Crippen molar-refractivity contribution in [1.29, 1.82) is 5.26 Å². The van der Waals surface area contributed by atoms with E-state index in [-0.39, 0.29) is 0 Å². The van der Waals surface area contributed by atoms with Gasteiger partial charge in [-0.1, -0.05) is 133 Å². The van der Waals surface area contributed by atoms with Gasteiger partial charge in [-0.05, 0) is 92.3 Å². The van der Waals surface area contributed by atoms with Gasteiger partial charge in [-0.3, -0.25) is 0 Å². The number of nitrogens with zero attached hydrogens (tertiary/aromatic N) is 4. The van der Waals surface area contributed by atoms with Crippen LogP contribution < -0.4 is 0 Å². The minimum atomic E-state index is 0.320. The van der Waals surface area contributed by atoms with Gasteiger partial charge in [0.1, 0.15) is 0 Å². The molecule has 4 heteroatoms. The van der Waals surface area contributed by atoms with Crippen molar-refractivity contribution in [3.05, 3.63) is 199 Å². The molecule has 0 aliphatic rings. The summed E-state index contributed by atoms with van der Waals surface area (Å²) in [6.07, 6.45) is 0. The fourth-order valence-corrected chi connectivity index (χ4v) is 8.83. The highest BCUT2D eigenvalue weighted by Crippen LogP contribution is 2.44. The van der Waals surface area contributed by atoms with Crippen LogP contribution in [0.5, 0.6) is 0 Å². The number of rotatable bonds is 4. The van der Waals surface area contributed by atoms with Crippen LogP contribution in [-0.4, -0.2) is 9.13 Å². The molecule has 2 aromatic heterocycles. The number of fused-ring (bicyclic) bond motifs is 10. The third-order valence-corrected chi connectivity index (χ3v) is 11.3. The van der Waals surface area contributed by atoms with E-state index in [0.29, 0.717) is 11.3 Å². The van der Waals surface area contributed by atoms with E-state index in [1.165, 1.54) is 0 Å². The standard InChI is InChI=1S/C52H30N4/c1-54-44-31-50(56-46-25-23-38(34-14-6-3-7-15-34)29-43(46)52-41-19-11-9-17-36(41)21-27-48(52)56)49(30-39(44)32-53)55-45-24-22-37(33-12-4-2-5-13-33)28-42(45)51-40-18-10-8-16-35(40)20-26-47(51)55/h2-31H. The predicted octanol–water partition coefficient (Wildman–Crippen LogP) is 13.9. The molecule has 11 aromatic rings. The molecular formula is C52H30N4. The Morgan fingerprint density at radius 1 is 0.411 bits per heavy atom. The van der Waals surface area contributed by atoms with E-state index in [0.717, 1.165) is 98.8 Å². The number of hydrogen-bond donors (Lipinski definition) is 0. The number of nitriles is 1. The van der Waals surface area contributed by atoms with Crippen LogP contribution in [0, 0.1) is 17.9 Å². The summed E-state index contributed by atoms with van der Waals surface area (Å²) >= 11 is 0. The Kier molecular flexibility index (Phi) is 6.95. The van der Waals surface area contributed by atoms with Gasteiger partial charge in [0.25, 0.3) is 0 Å². The van der Waals surface area contributed by atoms with Crippen LogP contribution in [0.4, 0.5) is 5.69 Å². The summed E-state index contributed by atoms with van der Waals surface area (Å²) < 4.78 is 4.60. The molecule has 4 nitrogen and oxygen atoms in total. The Morgan fingerprint density at radius 2 is 0.857 bits per heavy atom. The van der Waals surface area contributed by atoms with Gasteiger partial charge in [-0.2, -0.15) is 5.26 Å². The maximum atomic E-state index is 10.5. The lowest BCUT2D eigenvalue weighted by Gasteiger charge is -2.18. The first-order valence-electron chi connectivity index (χ1n) is 18.7. The molecule has 56 heavy (non-hydrogen) atoms. The highest BCUT2D eigenvalue weighted by atomic mass is 15.1. The van der Waals surface area contributed by atoms with Crippen LogP contribution in [0.15, 0.2) is 182 Å². The molecule has 0 radical (unpaired) electrons. The number of benzene rings is 9. The average molecular weight is 711 g/mol. The molecule has 0 unspecified atom stereocenters. The van der Waals surface area contributed by atoms with E-state index >= 15 is 0 Å². The third kappa shape index (κ3) is 4.64. The Morgan fingerprint density at radius 3 is 1.34 bits per heavy atom. The first kappa shape index (κ1) is 31.6. The van der Waals surface area contributed by atoms with E-state index in [1.807, 2.05) is 24.3 Å².